The van der Waals surface area contributed by atoms with Gasteiger partial charge < -0.3 is 24.0 Å². The number of aryl methyl sites for hydroxylation is 1. The number of rotatable bonds is 9. The molecule has 1 amide bonds. The summed E-state index contributed by atoms with van der Waals surface area (Å²) in [5.41, 5.74) is 1.95. The summed E-state index contributed by atoms with van der Waals surface area (Å²) in [6.07, 6.45) is 3.47. The third kappa shape index (κ3) is 6.29. The van der Waals surface area contributed by atoms with Crippen LogP contribution >= 0.6 is 0 Å². The number of piperazine rings is 1. The second-order valence-corrected chi connectivity index (χ2v) is 15.7. The van der Waals surface area contributed by atoms with E-state index in [2.05, 4.69) is 26.4 Å². The van der Waals surface area contributed by atoms with Crippen LogP contribution in [-0.4, -0.2) is 94.1 Å². The molecule has 2 unspecified atom stereocenters. The predicted molar refractivity (Wildman–Crippen MR) is 212 cm³/mol. The van der Waals surface area contributed by atoms with Crippen molar-refractivity contribution in [1.82, 2.24) is 29.3 Å². The van der Waals surface area contributed by atoms with Gasteiger partial charge in [-0.3, -0.25) is 19.1 Å². The lowest BCUT2D eigenvalue weighted by Gasteiger charge is -2.52. The highest BCUT2D eigenvalue weighted by atomic mass is 19.1. The minimum absolute atomic E-state index is 0.00625. The Balaban J connectivity index is 1.65. The minimum Gasteiger partial charge on any atom is -0.407 e. The molecule has 55 heavy (non-hydrogen) atoms. The van der Waals surface area contributed by atoms with Crippen LogP contribution in [0.2, 0.25) is 0 Å². The molecule has 2 aliphatic rings. The Kier molecular flexibility index (Phi) is 9.91. The monoisotopic (exact) mass is 754 g/mol. The highest BCUT2D eigenvalue weighted by Crippen LogP contribution is 2.46. The van der Waals surface area contributed by atoms with E-state index in [4.69, 9.17) is 4.42 Å². The molecule has 0 radical (unpaired) electrons. The molecular formula is C41H48F2N8O4. The molecule has 0 aliphatic carbocycles. The number of amides is 1. The smallest absolute Gasteiger partial charge is 0.407 e. The van der Waals surface area contributed by atoms with Crippen molar-refractivity contribution < 1.29 is 18.0 Å². The van der Waals surface area contributed by atoms with Crippen LogP contribution in [-0.2, 0) is 4.79 Å². The average molecular weight is 755 g/mol. The van der Waals surface area contributed by atoms with Gasteiger partial charge >= 0.3 is 5.76 Å². The van der Waals surface area contributed by atoms with Crippen LogP contribution in [0.1, 0.15) is 69.8 Å². The summed E-state index contributed by atoms with van der Waals surface area (Å²) in [5.74, 6) is -3.23. The Labute approximate surface area is 318 Å². The fraction of sp³-hybridized carbons (Fsp3) is 0.439. The van der Waals surface area contributed by atoms with Gasteiger partial charge in [0.2, 0.25) is 5.91 Å². The molecule has 5 aromatic rings. The van der Waals surface area contributed by atoms with E-state index in [0.717, 1.165) is 6.54 Å². The molecule has 2 aromatic carbocycles. The molecule has 0 spiro atoms. The first kappa shape index (κ1) is 37.9. The molecule has 1 saturated heterocycles. The largest absolute Gasteiger partial charge is 0.417 e. The summed E-state index contributed by atoms with van der Waals surface area (Å²) < 4.78 is 42.1. The highest BCUT2D eigenvalue weighted by Gasteiger charge is 2.43. The number of nitrogens with one attached hydrogen (secondary N) is 1. The Morgan fingerprint density at radius 3 is 2.36 bits per heavy atom. The quantitative estimate of drug-likeness (QED) is 0.179. The Bertz CT molecular complexity index is 2440. The number of anilines is 2. The van der Waals surface area contributed by atoms with Crippen molar-refractivity contribution in [1.29, 1.82) is 0 Å². The predicted octanol–water partition coefficient (Wildman–Crippen LogP) is 6.08. The number of nitrogens with zero attached hydrogens (tertiary/aromatic N) is 7. The lowest BCUT2D eigenvalue weighted by atomic mass is 9.93. The van der Waals surface area contributed by atoms with E-state index in [9.17, 15) is 9.59 Å². The number of carbonyl (C=O) groups is 1. The molecule has 0 saturated carbocycles. The van der Waals surface area contributed by atoms with Gasteiger partial charge in [-0.25, -0.2) is 23.5 Å². The van der Waals surface area contributed by atoms with E-state index in [0.29, 0.717) is 66.6 Å². The van der Waals surface area contributed by atoms with Crippen LogP contribution in [0.3, 0.4) is 0 Å². The number of fused-ring (bicyclic) bond motifs is 6. The molecule has 1 N–H and O–H groups in total. The fourth-order valence-corrected chi connectivity index (χ4v) is 8.39. The van der Waals surface area contributed by atoms with Crippen LogP contribution in [0.4, 0.5) is 20.2 Å². The van der Waals surface area contributed by atoms with Gasteiger partial charge in [-0.1, -0.05) is 40.3 Å². The van der Waals surface area contributed by atoms with Gasteiger partial charge in [0, 0.05) is 43.2 Å². The normalized spacial score (nSPS) is 17.2. The van der Waals surface area contributed by atoms with Crippen molar-refractivity contribution in [3.8, 4) is 16.8 Å². The fourth-order valence-electron chi connectivity index (χ4n) is 8.39. The zero-order valence-corrected chi connectivity index (χ0v) is 32.7. The number of pyridine rings is 1. The number of halogens is 2. The van der Waals surface area contributed by atoms with E-state index in [1.54, 1.807) is 24.0 Å². The molecule has 290 valence electrons. The molecule has 2 aliphatic heterocycles. The minimum atomic E-state index is -0.989. The number of hydrogen-bond acceptors (Lipinski definition) is 9. The maximum absolute atomic E-state index is 18.1. The van der Waals surface area contributed by atoms with Crippen molar-refractivity contribution in [2.24, 2.45) is 0 Å². The molecule has 14 heteroatoms. The zero-order valence-electron chi connectivity index (χ0n) is 32.7. The molecule has 2 atom stereocenters. The molecular weight excluding hydrogens is 706 g/mol. The van der Waals surface area contributed by atoms with Gasteiger partial charge in [-0.2, -0.15) is 0 Å². The number of hydrogen-bond donors (Lipinski definition) is 1. The van der Waals surface area contributed by atoms with Crippen LogP contribution < -0.4 is 21.1 Å². The Morgan fingerprint density at radius 1 is 1.04 bits per heavy atom. The van der Waals surface area contributed by atoms with E-state index in [1.165, 1.54) is 23.0 Å². The number of carbonyl (C=O) groups excluding carboxylic acids is 1. The average Bonchev–Trinajstić information content (AvgIpc) is 3.52. The summed E-state index contributed by atoms with van der Waals surface area (Å²) in [7, 11) is 3.96. The van der Waals surface area contributed by atoms with Crippen LogP contribution in [0.25, 0.3) is 38.8 Å². The van der Waals surface area contributed by atoms with Gasteiger partial charge in [0.1, 0.15) is 17.8 Å². The maximum Gasteiger partial charge on any atom is 0.417 e. The number of aromatic amines is 1. The first-order valence-electron chi connectivity index (χ1n) is 18.8. The van der Waals surface area contributed by atoms with Crippen molar-refractivity contribution in [2.45, 2.75) is 71.9 Å². The maximum atomic E-state index is 18.1. The van der Waals surface area contributed by atoms with Crippen LogP contribution in [0, 0.1) is 18.6 Å². The zero-order chi connectivity index (χ0) is 39.6. The first-order chi connectivity index (χ1) is 26.1. The second kappa shape index (κ2) is 14.4. The molecule has 7 rings (SSSR count). The van der Waals surface area contributed by atoms with Crippen LogP contribution in [0.15, 0.2) is 51.2 Å². The van der Waals surface area contributed by atoms with Crippen molar-refractivity contribution >= 4 is 39.3 Å². The van der Waals surface area contributed by atoms with E-state index >= 15 is 13.6 Å². The summed E-state index contributed by atoms with van der Waals surface area (Å²) >= 11 is 0. The van der Waals surface area contributed by atoms with E-state index < -0.39 is 28.5 Å². The van der Waals surface area contributed by atoms with Crippen LogP contribution in [0.5, 0.6) is 0 Å². The van der Waals surface area contributed by atoms with Gasteiger partial charge in [0.25, 0.3) is 5.56 Å². The van der Waals surface area contributed by atoms with Gasteiger partial charge in [-0.15, -0.1) is 0 Å². The topological polar surface area (TPSA) is 124 Å². The number of oxazole rings is 1. The number of H-pyrrole nitrogens is 1. The number of benzene rings is 2. The summed E-state index contributed by atoms with van der Waals surface area (Å²) in [5, 5.41) is 0.194. The van der Waals surface area contributed by atoms with Crippen molar-refractivity contribution in [3.05, 3.63) is 86.7 Å². The third-order valence-electron chi connectivity index (χ3n) is 10.9. The van der Waals surface area contributed by atoms with Crippen molar-refractivity contribution in [2.75, 3.05) is 56.6 Å². The molecule has 5 heterocycles. The molecule has 1 fully saturated rings. The lowest BCUT2D eigenvalue weighted by Crippen LogP contribution is -2.64. The first-order valence-corrected chi connectivity index (χ1v) is 18.8. The Hall–Kier alpha value is -5.37. The molecule has 0 bridgehead atoms. The third-order valence-corrected chi connectivity index (χ3v) is 10.9. The van der Waals surface area contributed by atoms with Gasteiger partial charge in [-0.05, 0) is 76.5 Å². The second-order valence-electron chi connectivity index (χ2n) is 15.7. The van der Waals surface area contributed by atoms with E-state index in [1.807, 2.05) is 58.5 Å². The summed E-state index contributed by atoms with van der Waals surface area (Å²) in [4.78, 5) is 60.8. The highest BCUT2D eigenvalue weighted by molar-refractivity contribution is 6.04. The molecule has 3 aromatic heterocycles. The Morgan fingerprint density at radius 2 is 1.73 bits per heavy atom. The SMILES string of the molecule is C=CC(=O)N1CC2CN(CCCN(C)C)c3c(c4cc(F)c(-c5c(C)ccc6[nH]c(=O)oc56)c(F)c4n(-c4c(C(C)C)ncnc4C(C)C)c3=O)N2CC1C. The lowest BCUT2D eigenvalue weighted by molar-refractivity contribution is -0.128. The number of aromatic nitrogens is 4. The molecule has 12 nitrogen and oxygen atoms in total. The van der Waals surface area contributed by atoms with Crippen molar-refractivity contribution in [3.63, 3.8) is 0 Å². The van der Waals surface area contributed by atoms with E-state index in [-0.39, 0.29) is 57.4 Å². The standard InChI is InChI=1S/C41H48F2N8O4/c1-10-29(52)49-19-25-18-48(15-11-14-47(8)9)38-36(50(25)17-24(49)7)26-16-27(42)31(30-23(6)12-13-28-39(30)55-41(54)46-28)32(43)35(26)51(40(38)53)37-33(21(2)3)44-20-45-34(37)22(4)5/h10,12-13,16,20-22,24-25H,1,11,14-15,17-19H2,2-9H3,(H,46,54). The van der Waals surface area contributed by atoms with Gasteiger partial charge in [0.15, 0.2) is 11.4 Å². The van der Waals surface area contributed by atoms with Gasteiger partial charge in [0.05, 0.1) is 45.4 Å². The summed E-state index contributed by atoms with van der Waals surface area (Å²) in [6.45, 7) is 17.4. The summed E-state index contributed by atoms with van der Waals surface area (Å²) in [6, 6.07) is 3.99.